The summed E-state index contributed by atoms with van der Waals surface area (Å²) in [5.41, 5.74) is 1.11. The number of rotatable bonds is 6. The minimum atomic E-state index is -3.03. The Labute approximate surface area is 120 Å². The predicted octanol–water partition coefficient (Wildman–Crippen LogP) is 0.887. The van der Waals surface area contributed by atoms with E-state index in [1.165, 1.54) is 0 Å². The molecule has 7 heteroatoms. The van der Waals surface area contributed by atoms with Gasteiger partial charge in [0.2, 0.25) is 10.0 Å². The van der Waals surface area contributed by atoms with Gasteiger partial charge in [0.25, 0.3) is 0 Å². The topological polar surface area (TPSA) is 67.2 Å². The molecule has 0 radical (unpaired) electrons. The van der Waals surface area contributed by atoms with E-state index in [0.717, 1.165) is 24.9 Å². The van der Waals surface area contributed by atoms with E-state index in [-0.39, 0.29) is 5.75 Å². The monoisotopic (exact) mass is 298 g/mol. The van der Waals surface area contributed by atoms with Gasteiger partial charge < -0.3 is 5.32 Å². The first-order valence-corrected chi connectivity index (χ1v) is 8.53. The van der Waals surface area contributed by atoms with Gasteiger partial charge in [-0.15, -0.1) is 0 Å². The van der Waals surface area contributed by atoms with Gasteiger partial charge in [0.1, 0.15) is 0 Å². The molecular formula is C13H22N4O2S. The van der Waals surface area contributed by atoms with E-state index in [1.807, 2.05) is 12.4 Å². The van der Waals surface area contributed by atoms with Crippen molar-refractivity contribution in [1.29, 1.82) is 0 Å². The van der Waals surface area contributed by atoms with Crippen molar-refractivity contribution in [2.45, 2.75) is 32.4 Å². The summed E-state index contributed by atoms with van der Waals surface area (Å²) in [6.45, 7) is 7.31. The lowest BCUT2D eigenvalue weighted by molar-refractivity contribution is 0.289. The smallest absolute Gasteiger partial charge is 0.213 e. The number of nitrogens with one attached hydrogen (secondary N) is 1. The molecule has 20 heavy (non-hydrogen) atoms. The standard InChI is InChI=1S/C13H22N4O2S/c1-3-16-11-12(10-15-16)9-14-13-5-7-17(8-6-13)20(18,19)4-2/h3,10-11,13-14H,1,4-9H2,2H3. The molecule has 0 saturated carbocycles. The fourth-order valence-electron chi connectivity index (χ4n) is 2.35. The van der Waals surface area contributed by atoms with Crippen LogP contribution in [0.5, 0.6) is 0 Å². The van der Waals surface area contributed by atoms with E-state index in [0.29, 0.717) is 19.1 Å². The zero-order chi connectivity index (χ0) is 14.6. The van der Waals surface area contributed by atoms with Crippen molar-refractivity contribution in [3.63, 3.8) is 0 Å². The van der Waals surface area contributed by atoms with Crippen LogP contribution in [0.4, 0.5) is 0 Å². The van der Waals surface area contributed by atoms with Gasteiger partial charge in [-0.05, 0) is 19.8 Å². The Morgan fingerprint density at radius 2 is 2.20 bits per heavy atom. The molecule has 0 aromatic carbocycles. The van der Waals surface area contributed by atoms with Gasteiger partial charge in [-0.3, -0.25) is 0 Å². The molecule has 0 spiro atoms. The Morgan fingerprint density at radius 1 is 1.50 bits per heavy atom. The van der Waals surface area contributed by atoms with E-state index in [4.69, 9.17) is 0 Å². The van der Waals surface area contributed by atoms with Gasteiger partial charge in [-0.2, -0.15) is 5.10 Å². The molecule has 0 aliphatic carbocycles. The zero-order valence-corrected chi connectivity index (χ0v) is 12.6. The van der Waals surface area contributed by atoms with E-state index in [9.17, 15) is 8.42 Å². The van der Waals surface area contributed by atoms with Gasteiger partial charge in [0, 0.05) is 43.6 Å². The van der Waals surface area contributed by atoms with Crippen LogP contribution in [0.3, 0.4) is 0 Å². The van der Waals surface area contributed by atoms with Crippen molar-refractivity contribution in [2.24, 2.45) is 0 Å². The summed E-state index contributed by atoms with van der Waals surface area (Å²) in [6.07, 6.45) is 7.10. The maximum absolute atomic E-state index is 11.8. The van der Waals surface area contributed by atoms with Gasteiger partial charge in [-0.1, -0.05) is 6.58 Å². The summed E-state index contributed by atoms with van der Waals surface area (Å²) in [5, 5.41) is 7.58. The van der Waals surface area contributed by atoms with Gasteiger partial charge >= 0.3 is 0 Å². The van der Waals surface area contributed by atoms with Crippen molar-refractivity contribution in [3.05, 3.63) is 24.5 Å². The Morgan fingerprint density at radius 3 is 2.75 bits per heavy atom. The minimum Gasteiger partial charge on any atom is -0.310 e. The average Bonchev–Trinajstić information content (AvgIpc) is 2.93. The van der Waals surface area contributed by atoms with Crippen molar-refractivity contribution in [1.82, 2.24) is 19.4 Å². The summed E-state index contributed by atoms with van der Waals surface area (Å²) in [7, 11) is -3.03. The van der Waals surface area contributed by atoms with Crippen LogP contribution >= 0.6 is 0 Å². The fraction of sp³-hybridized carbons (Fsp3) is 0.615. The molecule has 1 aliphatic heterocycles. The lowest BCUT2D eigenvalue weighted by Crippen LogP contribution is -2.45. The van der Waals surface area contributed by atoms with E-state index < -0.39 is 10.0 Å². The summed E-state index contributed by atoms with van der Waals surface area (Å²) in [4.78, 5) is 0. The van der Waals surface area contributed by atoms with Crippen LogP contribution < -0.4 is 5.32 Å². The molecule has 0 bridgehead atoms. The van der Waals surface area contributed by atoms with Crippen molar-refractivity contribution in [3.8, 4) is 0 Å². The lowest BCUT2D eigenvalue weighted by atomic mass is 10.1. The minimum absolute atomic E-state index is 0.186. The normalized spacial score (nSPS) is 18.2. The van der Waals surface area contributed by atoms with E-state index >= 15 is 0 Å². The maximum Gasteiger partial charge on any atom is 0.213 e. The zero-order valence-electron chi connectivity index (χ0n) is 11.8. The molecule has 1 aliphatic rings. The highest BCUT2D eigenvalue weighted by atomic mass is 32.2. The molecule has 2 rings (SSSR count). The molecular weight excluding hydrogens is 276 g/mol. The second kappa shape index (κ2) is 6.51. The second-order valence-electron chi connectivity index (χ2n) is 4.97. The number of hydrogen-bond donors (Lipinski definition) is 1. The molecule has 112 valence electrons. The third kappa shape index (κ3) is 3.68. The summed E-state index contributed by atoms with van der Waals surface area (Å²) < 4.78 is 26.8. The van der Waals surface area contributed by atoms with E-state index in [2.05, 4.69) is 17.0 Å². The maximum atomic E-state index is 11.8. The number of sulfonamides is 1. The van der Waals surface area contributed by atoms with Crippen LogP contribution in [0.25, 0.3) is 6.20 Å². The molecule has 0 unspecified atom stereocenters. The number of nitrogens with zero attached hydrogens (tertiary/aromatic N) is 3. The first-order valence-electron chi connectivity index (χ1n) is 6.92. The molecule has 0 atom stereocenters. The largest absolute Gasteiger partial charge is 0.310 e. The summed E-state index contributed by atoms with van der Waals surface area (Å²) >= 11 is 0. The fourth-order valence-corrected chi connectivity index (χ4v) is 3.48. The molecule has 6 nitrogen and oxygen atoms in total. The number of aromatic nitrogens is 2. The first-order chi connectivity index (χ1) is 9.55. The summed E-state index contributed by atoms with van der Waals surface area (Å²) in [6, 6.07) is 0.366. The third-order valence-corrected chi connectivity index (χ3v) is 5.53. The van der Waals surface area contributed by atoms with E-state index in [1.54, 1.807) is 22.1 Å². The predicted molar refractivity (Wildman–Crippen MR) is 79.5 cm³/mol. The Bertz CT molecular complexity index is 544. The highest BCUT2D eigenvalue weighted by Crippen LogP contribution is 2.15. The van der Waals surface area contributed by atoms with Gasteiger partial charge in [-0.25, -0.2) is 17.4 Å². The number of piperidine rings is 1. The third-order valence-electron chi connectivity index (χ3n) is 3.65. The molecule has 1 fully saturated rings. The van der Waals surface area contributed by atoms with Crippen LogP contribution in [0, 0.1) is 0 Å². The van der Waals surface area contributed by atoms with Gasteiger partial charge in [0.15, 0.2) is 0 Å². The quantitative estimate of drug-likeness (QED) is 0.847. The first kappa shape index (κ1) is 15.2. The molecule has 1 N–H and O–H groups in total. The van der Waals surface area contributed by atoms with Crippen LogP contribution in [0.2, 0.25) is 0 Å². The van der Waals surface area contributed by atoms with Crippen molar-refractivity contribution in [2.75, 3.05) is 18.8 Å². The molecule has 0 amide bonds. The second-order valence-corrected chi connectivity index (χ2v) is 7.22. The lowest BCUT2D eigenvalue weighted by Gasteiger charge is -2.31. The molecule has 1 saturated heterocycles. The Hall–Kier alpha value is -1.18. The molecule has 1 aromatic heterocycles. The van der Waals surface area contributed by atoms with Crippen LogP contribution in [0.1, 0.15) is 25.3 Å². The Kier molecular flexibility index (Phi) is 4.95. The highest BCUT2D eigenvalue weighted by molar-refractivity contribution is 7.89. The average molecular weight is 298 g/mol. The Balaban J connectivity index is 1.78. The summed E-state index contributed by atoms with van der Waals surface area (Å²) in [5.74, 6) is 0.186. The number of hydrogen-bond acceptors (Lipinski definition) is 4. The SMILES string of the molecule is C=Cn1cc(CNC2CCN(S(=O)(=O)CC)CC2)cn1. The molecule has 1 aromatic rings. The molecule has 2 heterocycles. The van der Waals surface area contributed by atoms with Crippen LogP contribution in [-0.2, 0) is 16.6 Å². The van der Waals surface area contributed by atoms with Crippen molar-refractivity contribution >= 4 is 16.2 Å². The van der Waals surface area contributed by atoms with Crippen molar-refractivity contribution < 1.29 is 8.42 Å². The van der Waals surface area contributed by atoms with Gasteiger partial charge in [0.05, 0.1) is 11.9 Å². The highest BCUT2D eigenvalue weighted by Gasteiger charge is 2.26. The van der Waals surface area contributed by atoms with Crippen LogP contribution in [0.15, 0.2) is 19.0 Å². The van der Waals surface area contributed by atoms with Crippen LogP contribution in [-0.4, -0.2) is 47.4 Å².